The maximum absolute atomic E-state index is 4.16. The van der Waals surface area contributed by atoms with Crippen LogP contribution in [0.25, 0.3) is 0 Å². The Morgan fingerprint density at radius 2 is 2.12 bits per heavy atom. The molecule has 0 aliphatic heterocycles. The number of aromatic nitrogens is 2. The van der Waals surface area contributed by atoms with Crippen molar-refractivity contribution in [2.24, 2.45) is 7.05 Å². The Morgan fingerprint density at radius 3 is 2.76 bits per heavy atom. The average Bonchev–Trinajstić information content (AvgIpc) is 2.68. The summed E-state index contributed by atoms with van der Waals surface area (Å²) in [5.74, 6) is 0. The smallest absolute Gasteiger partial charge is 0.0522 e. The normalized spacial score (nSPS) is 10.5. The van der Waals surface area contributed by atoms with Crippen LogP contribution < -0.4 is 5.32 Å². The topological polar surface area (TPSA) is 29.9 Å². The zero-order chi connectivity index (χ0) is 12.3. The predicted molar refractivity (Wildman–Crippen MR) is 71.3 cm³/mol. The van der Waals surface area contributed by atoms with E-state index >= 15 is 0 Å². The van der Waals surface area contributed by atoms with Crippen LogP contribution in [0.15, 0.2) is 30.6 Å². The van der Waals surface area contributed by atoms with E-state index in [1.54, 1.807) is 0 Å². The molecule has 0 aliphatic carbocycles. The van der Waals surface area contributed by atoms with E-state index in [1.807, 2.05) is 17.9 Å². The van der Waals surface area contributed by atoms with Crippen LogP contribution in [0.1, 0.15) is 16.7 Å². The van der Waals surface area contributed by atoms with E-state index in [4.69, 9.17) is 0 Å². The molecule has 0 fully saturated rings. The number of benzene rings is 1. The number of rotatable bonds is 4. The van der Waals surface area contributed by atoms with Gasteiger partial charge in [0.25, 0.3) is 0 Å². The average molecular weight is 229 g/mol. The van der Waals surface area contributed by atoms with E-state index in [9.17, 15) is 0 Å². The fraction of sp³-hybridized carbons (Fsp3) is 0.357. The van der Waals surface area contributed by atoms with Gasteiger partial charge in [-0.25, -0.2) is 0 Å². The lowest BCUT2D eigenvalue weighted by molar-refractivity contribution is 0.767. The number of hydrogen-bond donors (Lipinski definition) is 1. The van der Waals surface area contributed by atoms with Gasteiger partial charge in [-0.05, 0) is 37.5 Å². The molecule has 0 amide bonds. The fourth-order valence-electron chi connectivity index (χ4n) is 1.95. The summed E-state index contributed by atoms with van der Waals surface area (Å²) in [5.41, 5.74) is 5.10. The Kier molecular flexibility index (Phi) is 3.47. The molecule has 1 aromatic heterocycles. The lowest BCUT2D eigenvalue weighted by Gasteiger charge is -2.09. The number of nitrogens with zero attached hydrogens (tertiary/aromatic N) is 2. The summed E-state index contributed by atoms with van der Waals surface area (Å²) in [6, 6.07) is 6.49. The van der Waals surface area contributed by atoms with Crippen molar-refractivity contribution < 1.29 is 0 Å². The second kappa shape index (κ2) is 5.04. The molecule has 90 valence electrons. The van der Waals surface area contributed by atoms with E-state index < -0.39 is 0 Å². The highest BCUT2D eigenvalue weighted by molar-refractivity contribution is 5.51. The van der Waals surface area contributed by atoms with Gasteiger partial charge < -0.3 is 5.32 Å². The Labute approximate surface area is 102 Å². The zero-order valence-electron chi connectivity index (χ0n) is 10.7. The van der Waals surface area contributed by atoms with E-state index in [2.05, 4.69) is 48.7 Å². The Morgan fingerprint density at radius 1 is 1.29 bits per heavy atom. The summed E-state index contributed by atoms with van der Waals surface area (Å²) in [4.78, 5) is 0. The number of anilines is 1. The molecule has 1 aromatic carbocycles. The molecule has 0 saturated heterocycles. The lowest BCUT2D eigenvalue weighted by atomic mass is 10.1. The molecule has 17 heavy (non-hydrogen) atoms. The minimum absolute atomic E-state index is 0.940. The van der Waals surface area contributed by atoms with Gasteiger partial charge in [-0.2, -0.15) is 5.10 Å². The summed E-state index contributed by atoms with van der Waals surface area (Å²) < 4.78 is 1.84. The van der Waals surface area contributed by atoms with E-state index in [1.165, 1.54) is 22.4 Å². The molecule has 0 bridgehead atoms. The largest absolute Gasteiger partial charge is 0.384 e. The first-order chi connectivity index (χ1) is 8.15. The summed E-state index contributed by atoms with van der Waals surface area (Å²) in [7, 11) is 1.95. The molecule has 2 rings (SSSR count). The number of hydrogen-bond acceptors (Lipinski definition) is 2. The van der Waals surface area contributed by atoms with E-state index in [0.717, 1.165) is 13.0 Å². The minimum Gasteiger partial charge on any atom is -0.384 e. The van der Waals surface area contributed by atoms with E-state index in [-0.39, 0.29) is 0 Å². The van der Waals surface area contributed by atoms with Crippen LogP contribution in [-0.4, -0.2) is 16.3 Å². The van der Waals surface area contributed by atoms with Gasteiger partial charge in [0.15, 0.2) is 0 Å². The quantitative estimate of drug-likeness (QED) is 0.873. The van der Waals surface area contributed by atoms with Gasteiger partial charge in [-0.15, -0.1) is 0 Å². The highest BCUT2D eigenvalue weighted by Crippen LogP contribution is 2.15. The number of aryl methyl sites for hydroxylation is 3. The second-order valence-electron chi connectivity index (χ2n) is 4.52. The van der Waals surface area contributed by atoms with Crippen molar-refractivity contribution in [3.8, 4) is 0 Å². The fourth-order valence-corrected chi connectivity index (χ4v) is 1.95. The zero-order valence-corrected chi connectivity index (χ0v) is 10.7. The van der Waals surface area contributed by atoms with Gasteiger partial charge >= 0.3 is 0 Å². The molecule has 0 unspecified atom stereocenters. The van der Waals surface area contributed by atoms with Crippen LogP contribution in [0.3, 0.4) is 0 Å². The monoisotopic (exact) mass is 229 g/mol. The summed E-state index contributed by atoms with van der Waals surface area (Å²) in [5, 5.41) is 7.62. The van der Waals surface area contributed by atoms with E-state index in [0.29, 0.717) is 0 Å². The van der Waals surface area contributed by atoms with Crippen molar-refractivity contribution in [2.45, 2.75) is 20.3 Å². The van der Waals surface area contributed by atoms with Crippen LogP contribution in [0.4, 0.5) is 5.69 Å². The van der Waals surface area contributed by atoms with Crippen molar-refractivity contribution >= 4 is 5.69 Å². The minimum atomic E-state index is 0.940. The molecule has 0 atom stereocenters. The first-order valence-electron chi connectivity index (χ1n) is 5.94. The standard InChI is InChI=1S/C14H19N3/c1-11-4-5-14(12(2)8-11)15-7-6-13-9-16-17(3)10-13/h4-5,8-10,15H,6-7H2,1-3H3. The van der Waals surface area contributed by atoms with Gasteiger partial charge in [0, 0.05) is 25.5 Å². The summed E-state index contributed by atoms with van der Waals surface area (Å²) >= 11 is 0. The third kappa shape index (κ3) is 3.09. The van der Waals surface area contributed by atoms with Gasteiger partial charge in [0.05, 0.1) is 6.20 Å². The Hall–Kier alpha value is -1.77. The van der Waals surface area contributed by atoms with Gasteiger partial charge in [0.1, 0.15) is 0 Å². The molecule has 0 radical (unpaired) electrons. The Balaban J connectivity index is 1.90. The van der Waals surface area contributed by atoms with Crippen LogP contribution in [-0.2, 0) is 13.5 Å². The lowest BCUT2D eigenvalue weighted by Crippen LogP contribution is -2.05. The van der Waals surface area contributed by atoms with Crippen LogP contribution >= 0.6 is 0 Å². The molecule has 0 spiro atoms. The molecule has 1 N–H and O–H groups in total. The van der Waals surface area contributed by atoms with Gasteiger partial charge in [-0.3, -0.25) is 4.68 Å². The highest BCUT2D eigenvalue weighted by atomic mass is 15.2. The molecule has 0 aliphatic rings. The number of nitrogens with one attached hydrogen (secondary N) is 1. The first-order valence-corrected chi connectivity index (χ1v) is 5.94. The molecule has 2 aromatic rings. The van der Waals surface area contributed by atoms with Gasteiger partial charge in [-0.1, -0.05) is 17.7 Å². The molecule has 3 heteroatoms. The van der Waals surface area contributed by atoms with Gasteiger partial charge in [0.2, 0.25) is 0 Å². The predicted octanol–water partition coefficient (Wildman–Crippen LogP) is 2.69. The van der Waals surface area contributed by atoms with Crippen molar-refractivity contribution in [2.75, 3.05) is 11.9 Å². The molecule has 0 saturated carbocycles. The third-order valence-corrected chi connectivity index (χ3v) is 2.87. The van der Waals surface area contributed by atoms with Crippen molar-refractivity contribution in [3.05, 3.63) is 47.3 Å². The van der Waals surface area contributed by atoms with Crippen molar-refractivity contribution in [1.82, 2.24) is 9.78 Å². The van der Waals surface area contributed by atoms with Crippen LogP contribution in [0.2, 0.25) is 0 Å². The van der Waals surface area contributed by atoms with Crippen molar-refractivity contribution in [1.29, 1.82) is 0 Å². The van der Waals surface area contributed by atoms with Crippen molar-refractivity contribution in [3.63, 3.8) is 0 Å². The molecule has 3 nitrogen and oxygen atoms in total. The first kappa shape index (κ1) is 11.7. The maximum Gasteiger partial charge on any atom is 0.0522 e. The second-order valence-corrected chi connectivity index (χ2v) is 4.52. The molecular formula is C14H19N3. The van der Waals surface area contributed by atoms with Crippen LogP contribution in [0.5, 0.6) is 0 Å². The highest BCUT2D eigenvalue weighted by Gasteiger charge is 1.99. The summed E-state index contributed by atoms with van der Waals surface area (Å²) in [6.07, 6.45) is 4.98. The third-order valence-electron chi connectivity index (χ3n) is 2.87. The Bertz CT molecular complexity index is 500. The molecular weight excluding hydrogens is 210 g/mol. The molecule has 1 heterocycles. The van der Waals surface area contributed by atoms with Crippen LogP contribution in [0, 0.1) is 13.8 Å². The SMILES string of the molecule is Cc1ccc(NCCc2cnn(C)c2)c(C)c1. The maximum atomic E-state index is 4.16. The summed E-state index contributed by atoms with van der Waals surface area (Å²) in [6.45, 7) is 5.20.